The quantitative estimate of drug-likeness (QED) is 0.155. The SMILES string of the molecule is CCc1cc(OCC=C(Cl)Cl)cc(CC)c1OCCCCO/N=C/c1ccc(C(F)(F)F)cc1. The molecule has 0 atom stereocenters. The molecule has 2 aromatic rings. The van der Waals surface area contributed by atoms with Gasteiger partial charge in [0, 0.05) is 0 Å². The molecule has 0 saturated heterocycles. The summed E-state index contributed by atoms with van der Waals surface area (Å²) in [6.45, 7) is 5.31. The van der Waals surface area contributed by atoms with Crippen LogP contribution in [-0.4, -0.2) is 26.0 Å². The molecule has 0 fully saturated rings. The van der Waals surface area contributed by atoms with Crippen LogP contribution in [0, 0.1) is 0 Å². The highest BCUT2D eigenvalue weighted by atomic mass is 35.5. The van der Waals surface area contributed by atoms with Crippen LogP contribution in [0.2, 0.25) is 0 Å². The number of rotatable bonds is 13. The zero-order valence-electron chi connectivity index (χ0n) is 19.1. The van der Waals surface area contributed by atoms with Gasteiger partial charge in [-0.25, -0.2) is 0 Å². The molecular formula is C25H28Cl2F3NO3. The number of hydrogen-bond donors (Lipinski definition) is 0. The molecule has 0 saturated carbocycles. The highest BCUT2D eigenvalue weighted by Gasteiger charge is 2.29. The third-order valence-corrected chi connectivity index (χ3v) is 5.17. The molecule has 0 aromatic heterocycles. The van der Waals surface area contributed by atoms with E-state index in [2.05, 4.69) is 19.0 Å². The maximum atomic E-state index is 12.6. The molecule has 0 aliphatic heterocycles. The second kappa shape index (κ2) is 14.1. The fourth-order valence-electron chi connectivity index (χ4n) is 3.07. The molecule has 0 unspecified atom stereocenters. The Kier molecular flexibility index (Phi) is 11.6. The smallest absolute Gasteiger partial charge is 0.416 e. The van der Waals surface area contributed by atoms with Gasteiger partial charge in [0.2, 0.25) is 0 Å². The predicted molar refractivity (Wildman–Crippen MR) is 130 cm³/mol. The van der Waals surface area contributed by atoms with Gasteiger partial charge in [-0.3, -0.25) is 0 Å². The number of alkyl halides is 3. The standard InChI is InChI=1S/C25H28Cl2F3NO3/c1-3-19-15-22(32-14-11-23(26)27)16-20(4-2)24(19)33-12-5-6-13-34-31-17-18-7-9-21(10-8-18)25(28,29)30/h7-11,15-17H,3-6,12-14H2,1-2H3/b31-17+. The van der Waals surface area contributed by atoms with Crippen molar-refractivity contribution in [1.82, 2.24) is 0 Å². The lowest BCUT2D eigenvalue weighted by Crippen LogP contribution is -2.05. The van der Waals surface area contributed by atoms with Gasteiger partial charge in [-0.2, -0.15) is 13.2 Å². The number of hydrogen-bond acceptors (Lipinski definition) is 4. The summed E-state index contributed by atoms with van der Waals surface area (Å²) in [7, 11) is 0. The maximum absolute atomic E-state index is 12.6. The van der Waals surface area contributed by atoms with Crippen LogP contribution in [0.5, 0.6) is 11.5 Å². The number of oxime groups is 1. The van der Waals surface area contributed by atoms with E-state index in [0.29, 0.717) is 18.8 Å². The molecule has 4 nitrogen and oxygen atoms in total. The van der Waals surface area contributed by atoms with Gasteiger partial charge in [-0.15, -0.1) is 0 Å². The minimum Gasteiger partial charge on any atom is -0.493 e. The van der Waals surface area contributed by atoms with E-state index in [1.807, 2.05) is 12.1 Å². The van der Waals surface area contributed by atoms with Crippen molar-refractivity contribution in [2.24, 2.45) is 5.16 Å². The van der Waals surface area contributed by atoms with Crippen LogP contribution < -0.4 is 9.47 Å². The van der Waals surface area contributed by atoms with Crippen molar-refractivity contribution in [1.29, 1.82) is 0 Å². The minimum absolute atomic E-state index is 0.167. The first-order valence-corrected chi connectivity index (χ1v) is 11.7. The van der Waals surface area contributed by atoms with Crippen LogP contribution in [0.1, 0.15) is 48.9 Å². The second-order valence-electron chi connectivity index (χ2n) is 7.33. The third kappa shape index (κ3) is 9.47. The van der Waals surface area contributed by atoms with Crippen LogP contribution in [-0.2, 0) is 23.9 Å². The minimum atomic E-state index is -4.35. The monoisotopic (exact) mass is 517 g/mol. The summed E-state index contributed by atoms with van der Waals surface area (Å²) in [4.78, 5) is 5.20. The summed E-state index contributed by atoms with van der Waals surface area (Å²) in [5, 5.41) is 3.81. The van der Waals surface area contributed by atoms with Crippen molar-refractivity contribution in [2.45, 2.75) is 45.7 Å². The number of benzene rings is 2. The highest BCUT2D eigenvalue weighted by Crippen LogP contribution is 2.31. The first kappa shape index (κ1) is 27.9. The number of ether oxygens (including phenoxy) is 2. The lowest BCUT2D eigenvalue weighted by atomic mass is 10.0. The molecule has 186 valence electrons. The molecule has 0 spiro atoms. The largest absolute Gasteiger partial charge is 0.493 e. The maximum Gasteiger partial charge on any atom is 0.416 e. The van der Waals surface area contributed by atoms with E-state index in [0.717, 1.165) is 60.4 Å². The fourth-order valence-corrected chi connectivity index (χ4v) is 3.20. The van der Waals surface area contributed by atoms with Gasteiger partial charge in [0.05, 0.1) is 18.4 Å². The number of aryl methyl sites for hydroxylation is 2. The molecule has 0 aliphatic carbocycles. The number of nitrogens with zero attached hydrogens (tertiary/aromatic N) is 1. The lowest BCUT2D eigenvalue weighted by molar-refractivity contribution is -0.137. The van der Waals surface area contributed by atoms with E-state index in [-0.39, 0.29) is 11.1 Å². The molecule has 0 bridgehead atoms. The fraction of sp³-hybridized carbons (Fsp3) is 0.400. The van der Waals surface area contributed by atoms with Gasteiger partial charge in [0.15, 0.2) is 0 Å². The average molecular weight is 518 g/mol. The Hall–Kier alpha value is -2.38. The van der Waals surface area contributed by atoms with Crippen molar-refractivity contribution < 1.29 is 27.5 Å². The molecule has 0 aliphatic rings. The summed E-state index contributed by atoms with van der Waals surface area (Å²) >= 11 is 11.2. The third-order valence-electron chi connectivity index (χ3n) is 4.86. The van der Waals surface area contributed by atoms with E-state index in [1.54, 1.807) is 6.08 Å². The van der Waals surface area contributed by atoms with Crippen LogP contribution in [0.3, 0.4) is 0 Å². The molecule has 2 rings (SSSR count). The molecule has 9 heteroatoms. The predicted octanol–water partition coefficient (Wildman–Crippen LogP) is 7.74. The van der Waals surface area contributed by atoms with E-state index in [1.165, 1.54) is 18.3 Å². The summed E-state index contributed by atoms with van der Waals surface area (Å²) in [6, 6.07) is 8.64. The van der Waals surface area contributed by atoms with Crippen molar-refractivity contribution in [3.05, 3.63) is 69.2 Å². The first-order chi connectivity index (χ1) is 16.2. The normalized spacial score (nSPS) is 11.5. The molecule has 0 radical (unpaired) electrons. The van der Waals surface area contributed by atoms with Crippen LogP contribution in [0.4, 0.5) is 13.2 Å². The average Bonchev–Trinajstić information content (AvgIpc) is 2.80. The van der Waals surface area contributed by atoms with Crippen molar-refractivity contribution in [3.63, 3.8) is 0 Å². The summed E-state index contributed by atoms with van der Waals surface area (Å²) in [6.07, 6.45) is 1.70. The molecular weight excluding hydrogens is 490 g/mol. The van der Waals surface area contributed by atoms with E-state index < -0.39 is 11.7 Å². The zero-order valence-corrected chi connectivity index (χ0v) is 20.6. The van der Waals surface area contributed by atoms with Crippen molar-refractivity contribution in [2.75, 3.05) is 19.8 Å². The van der Waals surface area contributed by atoms with Gasteiger partial charge < -0.3 is 14.3 Å². The molecule has 0 amide bonds. The Balaban J connectivity index is 1.77. The van der Waals surface area contributed by atoms with Crippen LogP contribution in [0.25, 0.3) is 0 Å². The Morgan fingerprint density at radius 1 is 0.941 bits per heavy atom. The van der Waals surface area contributed by atoms with Gasteiger partial charge in [0.1, 0.15) is 29.2 Å². The molecule has 34 heavy (non-hydrogen) atoms. The van der Waals surface area contributed by atoms with Crippen molar-refractivity contribution in [3.8, 4) is 11.5 Å². The zero-order chi connectivity index (χ0) is 25.0. The summed E-state index contributed by atoms with van der Waals surface area (Å²) < 4.78 is 49.7. The van der Waals surface area contributed by atoms with Gasteiger partial charge >= 0.3 is 6.18 Å². The Morgan fingerprint density at radius 2 is 1.56 bits per heavy atom. The summed E-state index contributed by atoms with van der Waals surface area (Å²) in [5.41, 5.74) is 1.96. The molecule has 0 heterocycles. The number of unbranched alkanes of at least 4 members (excludes halogenated alkanes) is 1. The highest BCUT2D eigenvalue weighted by molar-refractivity contribution is 6.55. The molecule has 2 aromatic carbocycles. The van der Waals surface area contributed by atoms with Gasteiger partial charge in [-0.05, 0) is 72.7 Å². The van der Waals surface area contributed by atoms with E-state index in [9.17, 15) is 13.2 Å². The summed E-state index contributed by atoms with van der Waals surface area (Å²) in [5.74, 6) is 1.62. The van der Waals surface area contributed by atoms with Crippen LogP contribution >= 0.6 is 23.2 Å². The topological polar surface area (TPSA) is 40.0 Å². The van der Waals surface area contributed by atoms with Gasteiger partial charge in [0.25, 0.3) is 0 Å². The van der Waals surface area contributed by atoms with E-state index >= 15 is 0 Å². The Morgan fingerprint density at radius 3 is 2.12 bits per heavy atom. The van der Waals surface area contributed by atoms with Crippen molar-refractivity contribution >= 4 is 29.4 Å². The first-order valence-electron chi connectivity index (χ1n) is 11.0. The van der Waals surface area contributed by atoms with E-state index in [4.69, 9.17) is 37.5 Å². The second-order valence-corrected chi connectivity index (χ2v) is 8.33. The molecule has 0 N–H and O–H groups in total. The number of halogens is 5. The van der Waals surface area contributed by atoms with Crippen LogP contribution in [0.15, 0.2) is 52.1 Å². The Labute approximate surface area is 208 Å². The van der Waals surface area contributed by atoms with Gasteiger partial charge in [-0.1, -0.05) is 54.3 Å². The Bertz CT molecular complexity index is 932. The lowest BCUT2D eigenvalue weighted by Gasteiger charge is -2.17.